The van der Waals surface area contributed by atoms with Crippen LogP contribution in [-0.4, -0.2) is 28.7 Å². The molecule has 2 unspecified atom stereocenters. The lowest BCUT2D eigenvalue weighted by Gasteiger charge is -2.28. The molecule has 1 aliphatic heterocycles. The second kappa shape index (κ2) is 4.97. The molecule has 2 rings (SSSR count). The van der Waals surface area contributed by atoms with Gasteiger partial charge in [0.2, 0.25) is 5.28 Å². The lowest BCUT2D eigenvalue weighted by Crippen LogP contribution is -2.33. The number of nitrogens with zero attached hydrogens (tertiary/aromatic N) is 2. The maximum atomic E-state index is 5.78. The van der Waals surface area contributed by atoms with Crippen molar-refractivity contribution >= 4 is 17.4 Å². The summed E-state index contributed by atoms with van der Waals surface area (Å²) in [6.45, 7) is 4.87. The normalized spacial score (nSPS) is 25.4. The second-order valence-corrected chi connectivity index (χ2v) is 4.56. The van der Waals surface area contributed by atoms with E-state index in [1.54, 1.807) is 6.20 Å². The number of hydrogen-bond acceptors (Lipinski definition) is 4. The van der Waals surface area contributed by atoms with E-state index in [4.69, 9.17) is 16.3 Å². The van der Waals surface area contributed by atoms with Crippen molar-refractivity contribution < 1.29 is 4.74 Å². The molecule has 4 nitrogen and oxygen atoms in total. The molecule has 1 aliphatic rings. The molecule has 0 amide bonds. The van der Waals surface area contributed by atoms with Crippen LogP contribution in [0, 0.1) is 6.92 Å². The van der Waals surface area contributed by atoms with E-state index in [1.165, 1.54) is 0 Å². The number of halogens is 1. The Morgan fingerprint density at radius 3 is 3.12 bits per heavy atom. The average molecular weight is 242 g/mol. The first kappa shape index (κ1) is 11.6. The lowest BCUT2D eigenvalue weighted by molar-refractivity contribution is 0.0231. The van der Waals surface area contributed by atoms with Crippen LogP contribution >= 0.6 is 11.6 Å². The summed E-state index contributed by atoms with van der Waals surface area (Å²) in [7, 11) is 0. The summed E-state index contributed by atoms with van der Waals surface area (Å²) in [5.41, 5.74) is 1.02. The van der Waals surface area contributed by atoms with Crippen molar-refractivity contribution in [1.82, 2.24) is 9.97 Å². The highest BCUT2D eigenvalue weighted by Gasteiger charge is 2.20. The van der Waals surface area contributed by atoms with Crippen molar-refractivity contribution in [3.8, 4) is 0 Å². The first-order chi connectivity index (χ1) is 7.65. The van der Waals surface area contributed by atoms with Crippen LogP contribution < -0.4 is 5.32 Å². The van der Waals surface area contributed by atoms with Crippen molar-refractivity contribution in [2.75, 3.05) is 11.9 Å². The quantitative estimate of drug-likeness (QED) is 0.808. The lowest BCUT2D eigenvalue weighted by atomic mass is 10.0. The van der Waals surface area contributed by atoms with Crippen LogP contribution in [0.15, 0.2) is 6.20 Å². The van der Waals surface area contributed by atoms with Gasteiger partial charge >= 0.3 is 0 Å². The zero-order valence-electron chi connectivity index (χ0n) is 9.53. The zero-order chi connectivity index (χ0) is 11.5. The van der Waals surface area contributed by atoms with E-state index in [2.05, 4.69) is 22.2 Å². The minimum atomic E-state index is 0.285. The van der Waals surface area contributed by atoms with Gasteiger partial charge in [0, 0.05) is 24.4 Å². The highest BCUT2D eigenvalue weighted by molar-refractivity contribution is 6.28. The van der Waals surface area contributed by atoms with Crippen LogP contribution in [0.2, 0.25) is 5.28 Å². The number of aryl methyl sites for hydroxylation is 1. The summed E-state index contributed by atoms with van der Waals surface area (Å²) in [6, 6.07) is 0.411. The highest BCUT2D eigenvalue weighted by atomic mass is 35.5. The fraction of sp³-hybridized carbons (Fsp3) is 0.636. The Morgan fingerprint density at radius 2 is 2.38 bits per heavy atom. The summed E-state index contributed by atoms with van der Waals surface area (Å²) in [5, 5.41) is 3.69. The van der Waals surface area contributed by atoms with Crippen molar-refractivity contribution in [1.29, 1.82) is 0 Å². The fourth-order valence-electron chi connectivity index (χ4n) is 1.89. The molecule has 0 saturated carbocycles. The molecule has 0 spiro atoms. The fourth-order valence-corrected chi connectivity index (χ4v) is 2.02. The van der Waals surface area contributed by atoms with Gasteiger partial charge in [0.1, 0.15) is 5.82 Å². The number of aromatic nitrogens is 2. The van der Waals surface area contributed by atoms with Crippen molar-refractivity contribution in [2.24, 2.45) is 0 Å². The summed E-state index contributed by atoms with van der Waals surface area (Å²) in [6.07, 6.45) is 4.05. The molecule has 1 aromatic rings. The molecular formula is C11H16ClN3O. The topological polar surface area (TPSA) is 47.0 Å². The maximum Gasteiger partial charge on any atom is 0.224 e. The van der Waals surface area contributed by atoms with E-state index in [9.17, 15) is 0 Å². The SMILES string of the molecule is Cc1cnc(Cl)nc1NC1CCOC(C)C1. The number of hydrogen-bond donors (Lipinski definition) is 1. The van der Waals surface area contributed by atoms with Gasteiger partial charge in [0.05, 0.1) is 6.10 Å². The summed E-state index contributed by atoms with van der Waals surface area (Å²) < 4.78 is 5.50. The highest BCUT2D eigenvalue weighted by Crippen LogP contribution is 2.20. The average Bonchev–Trinajstić information content (AvgIpc) is 2.24. The van der Waals surface area contributed by atoms with E-state index >= 15 is 0 Å². The van der Waals surface area contributed by atoms with Gasteiger partial charge in [-0.3, -0.25) is 0 Å². The second-order valence-electron chi connectivity index (χ2n) is 4.22. The zero-order valence-corrected chi connectivity index (χ0v) is 10.3. The van der Waals surface area contributed by atoms with Gasteiger partial charge in [-0.2, -0.15) is 0 Å². The third-order valence-corrected chi connectivity index (χ3v) is 2.95. The van der Waals surface area contributed by atoms with Gasteiger partial charge < -0.3 is 10.1 Å². The van der Waals surface area contributed by atoms with Crippen LogP contribution in [0.1, 0.15) is 25.3 Å². The Kier molecular flexibility index (Phi) is 3.61. The monoisotopic (exact) mass is 241 g/mol. The molecule has 1 aromatic heterocycles. The van der Waals surface area contributed by atoms with Crippen LogP contribution in [-0.2, 0) is 4.74 Å². The Hall–Kier alpha value is -0.870. The molecule has 1 N–H and O–H groups in total. The minimum absolute atomic E-state index is 0.285. The van der Waals surface area contributed by atoms with Gasteiger partial charge in [0.25, 0.3) is 0 Å². The molecule has 5 heteroatoms. The van der Waals surface area contributed by atoms with Crippen LogP contribution in [0.5, 0.6) is 0 Å². The largest absolute Gasteiger partial charge is 0.378 e. The summed E-state index contributed by atoms with van der Waals surface area (Å²) >= 11 is 5.78. The molecule has 16 heavy (non-hydrogen) atoms. The Balaban J connectivity index is 2.05. The minimum Gasteiger partial charge on any atom is -0.378 e. The molecule has 0 aliphatic carbocycles. The van der Waals surface area contributed by atoms with Crippen molar-refractivity contribution in [3.05, 3.63) is 17.0 Å². The molecule has 2 heterocycles. The van der Waals surface area contributed by atoms with Gasteiger partial charge in [-0.05, 0) is 38.3 Å². The molecule has 0 aromatic carbocycles. The number of nitrogens with one attached hydrogen (secondary N) is 1. The van der Waals surface area contributed by atoms with Gasteiger partial charge in [-0.25, -0.2) is 9.97 Å². The first-order valence-electron chi connectivity index (χ1n) is 5.52. The Labute approximate surface area is 100 Å². The van der Waals surface area contributed by atoms with Gasteiger partial charge in [-0.15, -0.1) is 0 Å². The predicted molar refractivity (Wildman–Crippen MR) is 63.8 cm³/mol. The molecule has 0 bridgehead atoms. The molecule has 1 fully saturated rings. The van der Waals surface area contributed by atoms with E-state index in [0.29, 0.717) is 12.1 Å². The van der Waals surface area contributed by atoms with E-state index in [-0.39, 0.29) is 5.28 Å². The molecule has 1 saturated heterocycles. The van der Waals surface area contributed by atoms with Crippen molar-refractivity contribution in [2.45, 2.75) is 38.8 Å². The van der Waals surface area contributed by atoms with E-state index in [1.807, 2.05) is 6.92 Å². The van der Waals surface area contributed by atoms with Crippen LogP contribution in [0.3, 0.4) is 0 Å². The van der Waals surface area contributed by atoms with E-state index in [0.717, 1.165) is 30.8 Å². The van der Waals surface area contributed by atoms with Gasteiger partial charge in [0.15, 0.2) is 0 Å². The number of ether oxygens (including phenoxy) is 1. The number of anilines is 1. The first-order valence-corrected chi connectivity index (χ1v) is 5.90. The third kappa shape index (κ3) is 2.83. The van der Waals surface area contributed by atoms with Gasteiger partial charge in [-0.1, -0.05) is 0 Å². The number of rotatable bonds is 2. The molecular weight excluding hydrogens is 226 g/mol. The van der Waals surface area contributed by atoms with Crippen LogP contribution in [0.4, 0.5) is 5.82 Å². The van der Waals surface area contributed by atoms with Crippen molar-refractivity contribution in [3.63, 3.8) is 0 Å². The maximum absolute atomic E-state index is 5.78. The Bertz CT molecular complexity index is 372. The standard InChI is InChI=1S/C11H16ClN3O/c1-7-6-13-11(12)15-10(7)14-9-3-4-16-8(2)5-9/h6,8-9H,3-5H2,1-2H3,(H,13,14,15). The Morgan fingerprint density at radius 1 is 1.56 bits per heavy atom. The molecule has 0 radical (unpaired) electrons. The molecule has 2 atom stereocenters. The van der Waals surface area contributed by atoms with E-state index < -0.39 is 0 Å². The summed E-state index contributed by atoms with van der Waals surface area (Å²) in [5.74, 6) is 0.833. The predicted octanol–water partition coefficient (Wildman–Crippen LogP) is 2.42. The summed E-state index contributed by atoms with van der Waals surface area (Å²) in [4.78, 5) is 8.13. The molecule has 88 valence electrons. The van der Waals surface area contributed by atoms with Crippen LogP contribution in [0.25, 0.3) is 0 Å². The smallest absolute Gasteiger partial charge is 0.224 e. The third-order valence-electron chi connectivity index (χ3n) is 2.77.